The minimum Gasteiger partial charge on any atom is -0.493 e. The molecule has 0 spiro atoms. The van der Waals surface area contributed by atoms with Crippen molar-refractivity contribution in [1.82, 2.24) is 0 Å². The number of carboxylic acids is 1. The molecule has 0 saturated heterocycles. The van der Waals surface area contributed by atoms with Gasteiger partial charge >= 0.3 is 18.3 Å². The molecule has 0 aliphatic rings. The molecule has 1 rings (SSSR count). The molecule has 3 N–H and O–H groups in total. The fourth-order valence-electron chi connectivity index (χ4n) is 1.90. The Morgan fingerprint density at radius 3 is 2.29 bits per heavy atom. The van der Waals surface area contributed by atoms with Gasteiger partial charge in [-0.2, -0.15) is 26.3 Å². The molecule has 0 saturated carbocycles. The summed E-state index contributed by atoms with van der Waals surface area (Å²) in [6.45, 7) is 1.88. The molecule has 11 heteroatoms. The third-order valence-corrected chi connectivity index (χ3v) is 3.43. The Balaban J connectivity index is 0.000000887. The third-order valence-electron chi connectivity index (χ3n) is 3.43. The average Bonchev–Trinajstić information content (AvgIpc) is 2.59. The molecule has 0 bridgehead atoms. The highest BCUT2D eigenvalue weighted by molar-refractivity contribution is 5.83. The first-order chi connectivity index (χ1) is 12.8. The van der Waals surface area contributed by atoms with Crippen molar-refractivity contribution in [3.8, 4) is 5.75 Å². The van der Waals surface area contributed by atoms with Crippen LogP contribution in [0.2, 0.25) is 0 Å². The maximum Gasteiger partial charge on any atom is 0.490 e. The predicted molar refractivity (Wildman–Crippen MR) is 87.3 cm³/mol. The lowest BCUT2D eigenvalue weighted by Crippen LogP contribution is -2.21. The standard InChI is InChI=1S/C15H19F3NO2.C2HF3O2/c1-2-11(10-20)13(19)7-5-9-21-14-8-4-3-6-12(14)15(16,17)18;3-2(4,5)1(6)7/h3,6,8,11,19-20H,2,5,7,9-10H2,1H3;(H,6,7)/t11-;/m0./s1. The quantitative estimate of drug-likeness (QED) is 0.334. The molecule has 0 aromatic heterocycles. The first-order valence-electron chi connectivity index (χ1n) is 8.02. The van der Waals surface area contributed by atoms with E-state index in [1.54, 1.807) is 0 Å². The number of aliphatic hydroxyl groups excluding tert-OH is 1. The summed E-state index contributed by atoms with van der Waals surface area (Å²) < 4.78 is 75.1. The van der Waals surface area contributed by atoms with Crippen LogP contribution in [0.4, 0.5) is 26.3 Å². The number of alkyl halides is 6. The van der Waals surface area contributed by atoms with Crippen LogP contribution in [0, 0.1) is 17.4 Å². The highest BCUT2D eigenvalue weighted by Crippen LogP contribution is 2.35. The van der Waals surface area contributed by atoms with E-state index < -0.39 is 23.9 Å². The molecule has 1 radical (unpaired) electrons. The van der Waals surface area contributed by atoms with Crippen LogP contribution in [0.3, 0.4) is 0 Å². The van der Waals surface area contributed by atoms with Gasteiger partial charge in [0.2, 0.25) is 0 Å². The van der Waals surface area contributed by atoms with Crippen LogP contribution in [0.5, 0.6) is 5.75 Å². The second kappa shape index (κ2) is 11.5. The molecule has 1 aromatic rings. The lowest BCUT2D eigenvalue weighted by molar-refractivity contribution is -0.192. The van der Waals surface area contributed by atoms with Crippen molar-refractivity contribution < 1.29 is 46.1 Å². The Kier molecular flexibility index (Phi) is 10.6. The van der Waals surface area contributed by atoms with Crippen LogP contribution in [-0.2, 0) is 11.0 Å². The molecule has 159 valence electrons. The van der Waals surface area contributed by atoms with Gasteiger partial charge in [0.1, 0.15) is 5.75 Å². The number of nitrogens with one attached hydrogen (secondary N) is 1. The zero-order valence-electron chi connectivity index (χ0n) is 14.8. The van der Waals surface area contributed by atoms with Gasteiger partial charge in [0.05, 0.1) is 18.8 Å². The molecule has 0 aliphatic heterocycles. The smallest absolute Gasteiger partial charge is 0.490 e. The lowest BCUT2D eigenvalue weighted by atomic mass is 9.98. The Labute approximate surface area is 157 Å². The van der Waals surface area contributed by atoms with Crippen molar-refractivity contribution in [3.05, 3.63) is 29.8 Å². The number of rotatable bonds is 8. The van der Waals surface area contributed by atoms with E-state index in [1.807, 2.05) is 6.92 Å². The highest BCUT2D eigenvalue weighted by atomic mass is 19.4. The molecular formula is C17H20F6NO4. The number of halogens is 6. The lowest BCUT2D eigenvalue weighted by Gasteiger charge is -2.15. The normalized spacial score (nSPS) is 12.6. The maximum absolute atomic E-state index is 12.7. The van der Waals surface area contributed by atoms with Gasteiger partial charge in [0, 0.05) is 11.6 Å². The van der Waals surface area contributed by atoms with E-state index in [1.165, 1.54) is 6.07 Å². The summed E-state index contributed by atoms with van der Waals surface area (Å²) in [4.78, 5) is 8.90. The highest BCUT2D eigenvalue weighted by Gasteiger charge is 2.38. The van der Waals surface area contributed by atoms with Gasteiger partial charge in [-0.05, 0) is 37.5 Å². The number of aliphatic carboxylic acids is 1. The van der Waals surface area contributed by atoms with Crippen LogP contribution in [0.1, 0.15) is 31.7 Å². The first kappa shape index (κ1) is 25.7. The van der Waals surface area contributed by atoms with E-state index in [4.69, 9.17) is 25.2 Å². The average molecular weight is 416 g/mol. The summed E-state index contributed by atoms with van der Waals surface area (Å²) in [6.07, 6.45) is -8.04. The molecule has 0 amide bonds. The third kappa shape index (κ3) is 9.58. The van der Waals surface area contributed by atoms with E-state index in [0.29, 0.717) is 25.0 Å². The minimum atomic E-state index is -5.08. The Morgan fingerprint density at radius 2 is 1.86 bits per heavy atom. The SMILES string of the molecule is CC[C@@H](CO)C(=N)CCCOc1c[c]ccc1C(F)(F)F.O=C(O)C(F)(F)F. The van der Waals surface area contributed by atoms with Crippen molar-refractivity contribution in [2.24, 2.45) is 5.92 Å². The zero-order valence-corrected chi connectivity index (χ0v) is 14.8. The maximum atomic E-state index is 12.7. The summed E-state index contributed by atoms with van der Waals surface area (Å²) in [5, 5.41) is 23.9. The summed E-state index contributed by atoms with van der Waals surface area (Å²) in [6, 6.07) is 5.84. The number of aliphatic hydroxyl groups is 1. The van der Waals surface area contributed by atoms with Gasteiger partial charge in [0.25, 0.3) is 0 Å². The van der Waals surface area contributed by atoms with Crippen LogP contribution in [-0.4, -0.2) is 41.3 Å². The summed E-state index contributed by atoms with van der Waals surface area (Å²) in [5.41, 5.74) is -0.419. The van der Waals surface area contributed by atoms with E-state index >= 15 is 0 Å². The van der Waals surface area contributed by atoms with Gasteiger partial charge in [-0.15, -0.1) is 0 Å². The molecule has 28 heavy (non-hydrogen) atoms. The Morgan fingerprint density at radius 1 is 1.29 bits per heavy atom. The molecule has 0 unspecified atom stereocenters. The van der Waals surface area contributed by atoms with E-state index in [-0.39, 0.29) is 24.9 Å². The first-order valence-corrected chi connectivity index (χ1v) is 8.02. The molecular weight excluding hydrogens is 396 g/mol. The number of carboxylic acid groups (broad SMARTS) is 1. The van der Waals surface area contributed by atoms with Gasteiger partial charge in [-0.3, -0.25) is 0 Å². The topological polar surface area (TPSA) is 90.6 Å². The Hall–Kier alpha value is -2.30. The predicted octanol–water partition coefficient (Wildman–Crippen LogP) is 4.34. The second-order valence-corrected chi connectivity index (χ2v) is 5.49. The number of carbonyl (C=O) groups is 1. The second-order valence-electron chi connectivity index (χ2n) is 5.49. The van der Waals surface area contributed by atoms with E-state index in [2.05, 4.69) is 6.07 Å². The van der Waals surface area contributed by atoms with Crippen LogP contribution < -0.4 is 4.74 Å². The molecule has 1 aromatic carbocycles. The fraction of sp³-hybridized carbons (Fsp3) is 0.529. The number of benzene rings is 1. The van der Waals surface area contributed by atoms with Crippen molar-refractivity contribution in [2.45, 2.75) is 38.5 Å². The molecule has 0 heterocycles. The van der Waals surface area contributed by atoms with E-state index in [9.17, 15) is 26.3 Å². The van der Waals surface area contributed by atoms with Gasteiger partial charge in [0.15, 0.2) is 0 Å². The molecule has 5 nitrogen and oxygen atoms in total. The molecule has 1 atom stereocenters. The number of hydrogen-bond acceptors (Lipinski definition) is 4. The summed E-state index contributed by atoms with van der Waals surface area (Å²) in [7, 11) is 0. The number of hydrogen-bond donors (Lipinski definition) is 3. The van der Waals surface area contributed by atoms with Crippen molar-refractivity contribution in [1.29, 1.82) is 5.41 Å². The summed E-state index contributed by atoms with van der Waals surface area (Å²) >= 11 is 0. The van der Waals surface area contributed by atoms with E-state index in [0.717, 1.165) is 12.1 Å². The fourth-order valence-corrected chi connectivity index (χ4v) is 1.90. The zero-order chi connectivity index (χ0) is 22.0. The van der Waals surface area contributed by atoms with Gasteiger partial charge in [-0.25, -0.2) is 4.79 Å². The van der Waals surface area contributed by atoms with Crippen LogP contribution >= 0.6 is 0 Å². The van der Waals surface area contributed by atoms with Crippen molar-refractivity contribution in [2.75, 3.05) is 13.2 Å². The van der Waals surface area contributed by atoms with Crippen LogP contribution in [0.25, 0.3) is 0 Å². The van der Waals surface area contributed by atoms with Gasteiger partial charge in [-0.1, -0.05) is 13.0 Å². The minimum absolute atomic E-state index is 0.0813. The largest absolute Gasteiger partial charge is 0.493 e. The molecule has 0 fully saturated rings. The number of ether oxygens (including phenoxy) is 1. The van der Waals surface area contributed by atoms with Crippen molar-refractivity contribution >= 4 is 11.7 Å². The van der Waals surface area contributed by atoms with Gasteiger partial charge < -0.3 is 20.4 Å². The monoisotopic (exact) mass is 416 g/mol. The Bertz CT molecular complexity index is 627. The van der Waals surface area contributed by atoms with Crippen LogP contribution in [0.15, 0.2) is 18.2 Å². The van der Waals surface area contributed by atoms with Crippen molar-refractivity contribution in [3.63, 3.8) is 0 Å². The molecule has 0 aliphatic carbocycles. The summed E-state index contributed by atoms with van der Waals surface area (Å²) in [5.74, 6) is -3.18.